The lowest BCUT2D eigenvalue weighted by Crippen LogP contribution is -2.53. The van der Waals surface area contributed by atoms with Gasteiger partial charge in [0, 0.05) is 55.0 Å². The second-order valence-electron chi connectivity index (χ2n) is 14.4. The Balaban J connectivity index is 1.64. The highest BCUT2D eigenvalue weighted by Crippen LogP contribution is 2.41. The standard InChI is InChI=1S/C32H46F2N4O2/c1-20-8-11-22(12-9-20)38(30(40)31(2,3)4)24-15-23(16-35)37(17-24)29(39)27-19-36(32(5,6)7)18-26(27)25-13-10-21(33)14-28(25)34/h10,13-14,20,22-24,26-27H,8-9,11-12,15,17-19H2,1-7H3/t20?,22?,23-,24-,26+,27?/m0/s1. The van der Waals surface area contributed by atoms with Crippen molar-refractivity contribution in [3.63, 3.8) is 0 Å². The molecule has 8 heteroatoms. The molecule has 2 aliphatic heterocycles. The number of carbonyl (C=O) groups excluding carboxylic acids is 2. The third-order valence-corrected chi connectivity index (χ3v) is 9.31. The fourth-order valence-corrected chi connectivity index (χ4v) is 6.85. The largest absolute Gasteiger partial charge is 0.334 e. The van der Waals surface area contributed by atoms with E-state index in [0.29, 0.717) is 37.5 Å². The van der Waals surface area contributed by atoms with E-state index in [1.54, 1.807) is 4.90 Å². The van der Waals surface area contributed by atoms with Crippen LogP contribution in [0.3, 0.4) is 0 Å². The van der Waals surface area contributed by atoms with Crippen LogP contribution in [0, 0.1) is 40.2 Å². The molecular formula is C32H46F2N4O2. The molecular weight excluding hydrogens is 510 g/mol. The van der Waals surface area contributed by atoms with E-state index in [4.69, 9.17) is 0 Å². The number of hydrogen-bond acceptors (Lipinski definition) is 4. The number of likely N-dealkylation sites (tertiary alicyclic amines) is 2. The summed E-state index contributed by atoms with van der Waals surface area (Å²) in [5.74, 6) is -1.82. The van der Waals surface area contributed by atoms with Crippen LogP contribution >= 0.6 is 0 Å². The molecule has 1 unspecified atom stereocenters. The van der Waals surface area contributed by atoms with Crippen molar-refractivity contribution in [2.75, 3.05) is 19.6 Å². The molecule has 1 saturated carbocycles. The minimum Gasteiger partial charge on any atom is -0.334 e. The molecule has 4 atom stereocenters. The Morgan fingerprint density at radius 3 is 2.17 bits per heavy atom. The highest BCUT2D eigenvalue weighted by molar-refractivity contribution is 5.84. The van der Waals surface area contributed by atoms with E-state index in [1.807, 2.05) is 25.7 Å². The quantitative estimate of drug-likeness (QED) is 0.475. The van der Waals surface area contributed by atoms with E-state index in [-0.39, 0.29) is 29.4 Å². The number of carbonyl (C=O) groups is 2. The molecule has 1 aliphatic carbocycles. The van der Waals surface area contributed by atoms with Crippen molar-refractivity contribution in [3.05, 3.63) is 35.4 Å². The number of benzene rings is 1. The van der Waals surface area contributed by atoms with Gasteiger partial charge in [-0.15, -0.1) is 0 Å². The molecule has 6 nitrogen and oxygen atoms in total. The van der Waals surface area contributed by atoms with E-state index in [2.05, 4.69) is 38.7 Å². The molecule has 4 rings (SSSR count). The zero-order chi connectivity index (χ0) is 29.6. The van der Waals surface area contributed by atoms with Gasteiger partial charge in [-0.1, -0.05) is 33.8 Å². The molecule has 1 aromatic rings. The van der Waals surface area contributed by atoms with Crippen molar-refractivity contribution in [2.45, 2.75) is 110 Å². The molecule has 220 valence electrons. The summed E-state index contributed by atoms with van der Waals surface area (Å²) in [6, 6.07) is 5.11. The van der Waals surface area contributed by atoms with E-state index in [1.165, 1.54) is 12.1 Å². The average Bonchev–Trinajstić information content (AvgIpc) is 3.49. The van der Waals surface area contributed by atoms with Gasteiger partial charge in [-0.25, -0.2) is 8.78 Å². The average molecular weight is 557 g/mol. The summed E-state index contributed by atoms with van der Waals surface area (Å²) < 4.78 is 28.8. The van der Waals surface area contributed by atoms with Gasteiger partial charge in [-0.3, -0.25) is 14.5 Å². The molecule has 0 N–H and O–H groups in total. The second kappa shape index (κ2) is 11.4. The van der Waals surface area contributed by atoms with Crippen LogP contribution in [0.2, 0.25) is 0 Å². The van der Waals surface area contributed by atoms with E-state index in [0.717, 1.165) is 31.7 Å². The zero-order valence-electron chi connectivity index (χ0n) is 25.2. The molecule has 0 aromatic heterocycles. The lowest BCUT2D eigenvalue weighted by atomic mass is 9.84. The first-order valence-corrected chi connectivity index (χ1v) is 14.8. The maximum atomic E-state index is 15.0. The van der Waals surface area contributed by atoms with E-state index < -0.39 is 34.9 Å². The smallest absolute Gasteiger partial charge is 0.228 e. The van der Waals surface area contributed by atoms with Gasteiger partial charge < -0.3 is 9.80 Å². The normalized spacial score (nSPS) is 29.9. The van der Waals surface area contributed by atoms with Crippen LogP contribution in [0.4, 0.5) is 8.78 Å². The second-order valence-corrected chi connectivity index (χ2v) is 14.4. The summed E-state index contributed by atoms with van der Waals surface area (Å²) in [4.78, 5) is 33.8. The van der Waals surface area contributed by atoms with Gasteiger partial charge in [0.25, 0.3) is 0 Å². The van der Waals surface area contributed by atoms with Gasteiger partial charge in [0.2, 0.25) is 11.8 Å². The topological polar surface area (TPSA) is 67.6 Å². The van der Waals surface area contributed by atoms with Crippen molar-refractivity contribution < 1.29 is 18.4 Å². The Morgan fingerprint density at radius 1 is 0.975 bits per heavy atom. The van der Waals surface area contributed by atoms with Gasteiger partial charge in [0.1, 0.15) is 17.7 Å². The summed E-state index contributed by atoms with van der Waals surface area (Å²) in [6.07, 6.45) is 4.40. The van der Waals surface area contributed by atoms with Crippen LogP contribution in [0.1, 0.15) is 92.1 Å². The van der Waals surface area contributed by atoms with Crippen LogP contribution in [-0.4, -0.2) is 69.8 Å². The monoisotopic (exact) mass is 556 g/mol. The molecule has 3 fully saturated rings. The molecule has 2 amide bonds. The van der Waals surface area contributed by atoms with Crippen LogP contribution in [0.15, 0.2) is 18.2 Å². The fraction of sp³-hybridized carbons (Fsp3) is 0.719. The minimum atomic E-state index is -0.655. The SMILES string of the molecule is CC1CCC(N(C(=O)C(C)(C)C)[C@H]2C[C@@H](C#N)N(C(=O)C3CN(C(C)(C)C)C[C@@H]3c3ccc(F)cc3F)C2)CC1. The first-order valence-electron chi connectivity index (χ1n) is 14.8. The maximum Gasteiger partial charge on any atom is 0.228 e. The molecule has 0 bridgehead atoms. The van der Waals surface area contributed by atoms with Crippen LogP contribution in [0.5, 0.6) is 0 Å². The summed E-state index contributed by atoms with van der Waals surface area (Å²) in [7, 11) is 0. The van der Waals surface area contributed by atoms with Gasteiger partial charge in [0.05, 0.1) is 18.0 Å². The predicted octanol–water partition coefficient (Wildman–Crippen LogP) is 5.73. The van der Waals surface area contributed by atoms with Crippen molar-refractivity contribution in [2.24, 2.45) is 17.3 Å². The third kappa shape index (κ3) is 6.20. The Morgan fingerprint density at radius 2 is 1.62 bits per heavy atom. The Labute approximate surface area is 238 Å². The van der Waals surface area contributed by atoms with Crippen molar-refractivity contribution >= 4 is 11.8 Å². The molecule has 2 heterocycles. The zero-order valence-corrected chi connectivity index (χ0v) is 25.2. The van der Waals surface area contributed by atoms with Crippen molar-refractivity contribution in [1.29, 1.82) is 5.26 Å². The third-order valence-electron chi connectivity index (χ3n) is 9.31. The van der Waals surface area contributed by atoms with E-state index in [9.17, 15) is 19.2 Å². The molecule has 0 spiro atoms. The van der Waals surface area contributed by atoms with Crippen LogP contribution < -0.4 is 0 Å². The van der Waals surface area contributed by atoms with Gasteiger partial charge >= 0.3 is 0 Å². The number of hydrogen-bond donors (Lipinski definition) is 0. The first-order chi connectivity index (χ1) is 18.6. The predicted molar refractivity (Wildman–Crippen MR) is 151 cm³/mol. The van der Waals surface area contributed by atoms with Gasteiger partial charge in [-0.2, -0.15) is 5.26 Å². The maximum absolute atomic E-state index is 15.0. The van der Waals surface area contributed by atoms with Crippen molar-refractivity contribution in [3.8, 4) is 6.07 Å². The lowest BCUT2D eigenvalue weighted by molar-refractivity contribution is -0.146. The van der Waals surface area contributed by atoms with Gasteiger partial charge in [0.15, 0.2) is 0 Å². The van der Waals surface area contributed by atoms with E-state index >= 15 is 4.39 Å². The highest BCUT2D eigenvalue weighted by atomic mass is 19.1. The number of nitrogens with zero attached hydrogens (tertiary/aromatic N) is 4. The number of amides is 2. The number of rotatable bonds is 4. The van der Waals surface area contributed by atoms with Gasteiger partial charge in [-0.05, 0) is 64.0 Å². The molecule has 3 aliphatic rings. The first kappa shape index (κ1) is 30.4. The van der Waals surface area contributed by atoms with Crippen LogP contribution in [-0.2, 0) is 9.59 Å². The minimum absolute atomic E-state index is 0.0640. The number of halogens is 2. The molecule has 40 heavy (non-hydrogen) atoms. The molecule has 1 aromatic carbocycles. The van der Waals surface area contributed by atoms with Crippen molar-refractivity contribution in [1.82, 2.24) is 14.7 Å². The lowest BCUT2D eigenvalue weighted by Gasteiger charge is -2.42. The number of nitriles is 1. The Kier molecular flexibility index (Phi) is 8.66. The summed E-state index contributed by atoms with van der Waals surface area (Å²) in [5, 5.41) is 10.2. The summed E-state index contributed by atoms with van der Waals surface area (Å²) >= 11 is 0. The molecule has 0 radical (unpaired) electrons. The fourth-order valence-electron chi connectivity index (χ4n) is 6.85. The summed E-state index contributed by atoms with van der Waals surface area (Å²) in [6.45, 7) is 15.4. The summed E-state index contributed by atoms with van der Waals surface area (Å²) in [5.41, 5.74) is -0.497. The highest BCUT2D eigenvalue weighted by Gasteiger charge is 2.49. The van der Waals surface area contributed by atoms with Crippen LogP contribution in [0.25, 0.3) is 0 Å². The Hall–Kier alpha value is -2.53. The Bertz CT molecular complexity index is 1140. The molecule has 2 saturated heterocycles.